The van der Waals surface area contributed by atoms with E-state index in [2.05, 4.69) is 30.6 Å². The second kappa shape index (κ2) is 10.1. The maximum Gasteiger partial charge on any atom is 0.233 e. The standard InChI is InChI=1S/C22H12Cl4N6S2/c23-13-7-5-11(9-15(13)25)27-19-30-20(28-12-6-8-14(24)16(26)10-12)32-21(31-19)34-22-29-17-3-1-2-4-18(17)33-22/h1-10H,(H2,27,28,30,31,32). The monoisotopic (exact) mass is 564 g/mol. The van der Waals surface area contributed by atoms with Crippen molar-refractivity contribution < 1.29 is 0 Å². The van der Waals surface area contributed by atoms with E-state index in [1.807, 2.05) is 24.3 Å². The van der Waals surface area contributed by atoms with Gasteiger partial charge in [0.1, 0.15) is 0 Å². The van der Waals surface area contributed by atoms with Crippen LogP contribution in [-0.4, -0.2) is 19.9 Å². The Labute approximate surface area is 222 Å². The average Bonchev–Trinajstić information content (AvgIpc) is 3.21. The molecule has 2 N–H and O–H groups in total. The Kier molecular flexibility index (Phi) is 6.96. The SMILES string of the molecule is Clc1ccc(Nc2nc(Nc3ccc(Cl)c(Cl)c3)nc(Sc3nc4ccccc4s3)n2)cc1Cl. The van der Waals surface area contributed by atoms with Crippen LogP contribution in [0.2, 0.25) is 20.1 Å². The minimum atomic E-state index is 0.319. The smallest absolute Gasteiger partial charge is 0.233 e. The van der Waals surface area contributed by atoms with E-state index in [0.29, 0.717) is 48.5 Å². The number of anilines is 4. The van der Waals surface area contributed by atoms with E-state index in [-0.39, 0.29) is 0 Å². The van der Waals surface area contributed by atoms with Crippen molar-refractivity contribution in [2.75, 3.05) is 10.6 Å². The molecule has 0 fully saturated rings. The number of hydrogen-bond acceptors (Lipinski definition) is 8. The highest BCUT2D eigenvalue weighted by Gasteiger charge is 2.13. The van der Waals surface area contributed by atoms with Crippen LogP contribution in [-0.2, 0) is 0 Å². The van der Waals surface area contributed by atoms with Gasteiger partial charge in [0, 0.05) is 11.4 Å². The van der Waals surface area contributed by atoms with Crippen molar-refractivity contribution in [1.82, 2.24) is 19.9 Å². The van der Waals surface area contributed by atoms with Gasteiger partial charge in [0.05, 0.1) is 30.3 Å². The van der Waals surface area contributed by atoms with E-state index in [4.69, 9.17) is 46.4 Å². The van der Waals surface area contributed by atoms with Gasteiger partial charge in [-0.15, -0.1) is 11.3 Å². The third-order valence-corrected chi connectivity index (χ3v) is 7.86. The summed E-state index contributed by atoms with van der Waals surface area (Å²) < 4.78 is 1.90. The van der Waals surface area contributed by atoms with Crippen LogP contribution in [0.15, 0.2) is 70.2 Å². The average molecular weight is 566 g/mol. The third-order valence-electron chi connectivity index (χ3n) is 4.42. The molecule has 0 bridgehead atoms. The van der Waals surface area contributed by atoms with Crippen LogP contribution >= 0.6 is 69.5 Å². The van der Waals surface area contributed by atoms with Gasteiger partial charge in [0.25, 0.3) is 0 Å². The summed E-state index contributed by atoms with van der Waals surface area (Å²) in [7, 11) is 0. The van der Waals surface area contributed by atoms with E-state index in [1.54, 1.807) is 47.7 Å². The van der Waals surface area contributed by atoms with Crippen molar-refractivity contribution >= 4 is 103 Å². The van der Waals surface area contributed by atoms with Crippen LogP contribution in [0.5, 0.6) is 0 Å². The van der Waals surface area contributed by atoms with Crippen LogP contribution in [0.25, 0.3) is 10.2 Å². The molecule has 170 valence electrons. The first-order valence-electron chi connectivity index (χ1n) is 9.66. The molecule has 34 heavy (non-hydrogen) atoms. The normalized spacial score (nSPS) is 11.1. The molecule has 0 aliphatic heterocycles. The first-order valence-corrected chi connectivity index (χ1v) is 12.8. The molecular weight excluding hydrogens is 554 g/mol. The molecule has 0 amide bonds. The maximum absolute atomic E-state index is 6.15. The molecule has 0 aliphatic carbocycles. The molecule has 2 aromatic heterocycles. The van der Waals surface area contributed by atoms with Crippen LogP contribution in [0, 0.1) is 0 Å². The summed E-state index contributed by atoms with van der Waals surface area (Å²) in [6.07, 6.45) is 0. The Balaban J connectivity index is 1.49. The summed E-state index contributed by atoms with van der Waals surface area (Å²) >= 11 is 27.3. The van der Waals surface area contributed by atoms with Gasteiger partial charge in [0.15, 0.2) is 4.34 Å². The zero-order chi connectivity index (χ0) is 23.7. The molecule has 0 radical (unpaired) electrons. The lowest BCUT2D eigenvalue weighted by atomic mass is 10.3. The summed E-state index contributed by atoms with van der Waals surface area (Å²) in [5, 5.41) is 8.50. The summed E-state index contributed by atoms with van der Waals surface area (Å²) in [6.45, 7) is 0. The molecule has 0 saturated carbocycles. The van der Waals surface area contributed by atoms with Gasteiger partial charge in [-0.3, -0.25) is 0 Å². The number of aromatic nitrogens is 4. The predicted octanol–water partition coefficient (Wildman–Crippen LogP) is 8.73. The van der Waals surface area contributed by atoms with Crippen molar-refractivity contribution in [3.8, 4) is 0 Å². The fourth-order valence-electron chi connectivity index (χ4n) is 2.89. The van der Waals surface area contributed by atoms with Gasteiger partial charge in [-0.05, 0) is 60.3 Å². The Morgan fingerprint density at radius 1 is 0.647 bits per heavy atom. The number of hydrogen-bond donors (Lipinski definition) is 2. The van der Waals surface area contributed by atoms with Crippen molar-refractivity contribution in [2.24, 2.45) is 0 Å². The van der Waals surface area contributed by atoms with Gasteiger partial charge in [0.2, 0.25) is 17.1 Å². The number of nitrogens with zero attached hydrogens (tertiary/aromatic N) is 4. The van der Waals surface area contributed by atoms with Gasteiger partial charge in [-0.2, -0.15) is 15.0 Å². The first-order chi connectivity index (χ1) is 16.4. The predicted molar refractivity (Wildman–Crippen MR) is 143 cm³/mol. The molecule has 5 rings (SSSR count). The zero-order valence-corrected chi connectivity index (χ0v) is 21.5. The summed E-state index contributed by atoms with van der Waals surface area (Å²) in [5.41, 5.74) is 2.28. The fourth-order valence-corrected chi connectivity index (χ4v) is 5.41. The highest BCUT2D eigenvalue weighted by atomic mass is 35.5. The topological polar surface area (TPSA) is 75.6 Å². The summed E-state index contributed by atoms with van der Waals surface area (Å²) in [5.74, 6) is 0.638. The number of para-hydroxylation sites is 1. The number of nitrogens with one attached hydrogen (secondary N) is 2. The number of halogens is 4. The number of thiazole rings is 1. The molecule has 3 aromatic carbocycles. The molecule has 6 nitrogen and oxygen atoms in total. The minimum absolute atomic E-state index is 0.319. The fraction of sp³-hybridized carbons (Fsp3) is 0. The Morgan fingerprint density at radius 3 is 1.79 bits per heavy atom. The van der Waals surface area contributed by atoms with Crippen molar-refractivity contribution in [2.45, 2.75) is 9.50 Å². The molecular formula is C22H12Cl4N6S2. The van der Waals surface area contributed by atoms with Crippen molar-refractivity contribution in [3.05, 3.63) is 80.8 Å². The zero-order valence-electron chi connectivity index (χ0n) is 16.9. The van der Waals surface area contributed by atoms with Gasteiger partial charge < -0.3 is 10.6 Å². The number of fused-ring (bicyclic) bond motifs is 1. The van der Waals surface area contributed by atoms with Crippen LogP contribution in [0.4, 0.5) is 23.3 Å². The third kappa shape index (κ3) is 5.49. The highest BCUT2D eigenvalue weighted by Crippen LogP contribution is 2.34. The Bertz CT molecular complexity index is 1410. The van der Waals surface area contributed by atoms with Crippen LogP contribution in [0.3, 0.4) is 0 Å². The number of rotatable bonds is 6. The second-order valence-electron chi connectivity index (χ2n) is 6.82. The largest absolute Gasteiger partial charge is 0.324 e. The Morgan fingerprint density at radius 2 is 1.24 bits per heavy atom. The number of benzene rings is 3. The Hall–Kier alpha value is -2.33. The van der Waals surface area contributed by atoms with Gasteiger partial charge in [-0.25, -0.2) is 4.98 Å². The molecule has 0 unspecified atom stereocenters. The van der Waals surface area contributed by atoms with E-state index in [1.165, 1.54) is 11.8 Å². The van der Waals surface area contributed by atoms with Crippen LogP contribution in [0.1, 0.15) is 0 Å². The lowest BCUT2D eigenvalue weighted by Crippen LogP contribution is -2.05. The molecule has 0 spiro atoms. The van der Waals surface area contributed by atoms with Crippen molar-refractivity contribution in [1.29, 1.82) is 0 Å². The summed E-state index contributed by atoms with van der Waals surface area (Å²) in [6, 6.07) is 18.3. The van der Waals surface area contributed by atoms with E-state index in [0.717, 1.165) is 14.6 Å². The quantitative estimate of drug-likeness (QED) is 0.213. The van der Waals surface area contributed by atoms with E-state index >= 15 is 0 Å². The van der Waals surface area contributed by atoms with Crippen LogP contribution < -0.4 is 10.6 Å². The molecule has 0 atom stereocenters. The molecule has 2 heterocycles. The summed E-state index contributed by atoms with van der Waals surface area (Å²) in [4.78, 5) is 18.2. The van der Waals surface area contributed by atoms with E-state index in [9.17, 15) is 0 Å². The van der Waals surface area contributed by atoms with Gasteiger partial charge >= 0.3 is 0 Å². The molecule has 12 heteroatoms. The van der Waals surface area contributed by atoms with Gasteiger partial charge in [-0.1, -0.05) is 58.5 Å². The lowest BCUT2D eigenvalue weighted by molar-refractivity contribution is 0.919. The molecule has 0 saturated heterocycles. The molecule has 5 aromatic rings. The lowest BCUT2D eigenvalue weighted by Gasteiger charge is -2.11. The maximum atomic E-state index is 6.15. The minimum Gasteiger partial charge on any atom is -0.324 e. The second-order valence-corrected chi connectivity index (χ2v) is 10.7. The van der Waals surface area contributed by atoms with E-state index < -0.39 is 0 Å². The first kappa shape index (κ1) is 23.4. The molecule has 0 aliphatic rings. The van der Waals surface area contributed by atoms with Crippen molar-refractivity contribution in [3.63, 3.8) is 0 Å². The highest BCUT2D eigenvalue weighted by molar-refractivity contribution is 8.01.